The van der Waals surface area contributed by atoms with Crippen LogP contribution in [0.1, 0.15) is 33.1 Å². The Kier molecular flexibility index (Phi) is 6.43. The summed E-state index contributed by atoms with van der Waals surface area (Å²) in [5, 5.41) is 9.34. The number of carbonyl (C=O) groups is 1. The van der Waals surface area contributed by atoms with Gasteiger partial charge in [-0.25, -0.2) is 4.98 Å². The normalized spacial score (nSPS) is 18.9. The number of aromatic nitrogens is 3. The van der Waals surface area contributed by atoms with Crippen LogP contribution in [-0.4, -0.2) is 43.8 Å². The molecule has 3 aromatic rings. The molecule has 2 atom stereocenters. The zero-order chi connectivity index (χ0) is 20.9. The van der Waals surface area contributed by atoms with Crippen LogP contribution in [0.3, 0.4) is 0 Å². The average molecular weight is 419 g/mol. The third kappa shape index (κ3) is 4.54. The predicted octanol–water partition coefficient (Wildman–Crippen LogP) is 5.09. The quantitative estimate of drug-likeness (QED) is 0.540. The Labute approximate surface area is 181 Å². The van der Waals surface area contributed by atoms with E-state index in [0.29, 0.717) is 23.0 Å². The van der Waals surface area contributed by atoms with Crippen LogP contribution >= 0.6 is 11.8 Å². The lowest BCUT2D eigenvalue weighted by Gasteiger charge is -2.39. The molecule has 1 aliphatic rings. The van der Waals surface area contributed by atoms with E-state index in [4.69, 9.17) is 4.98 Å². The lowest BCUT2D eigenvalue weighted by molar-refractivity contribution is -0.134. The first-order valence-corrected chi connectivity index (χ1v) is 11.4. The zero-order valence-corrected chi connectivity index (χ0v) is 18.2. The summed E-state index contributed by atoms with van der Waals surface area (Å²) in [5.41, 5.74) is 3.49. The van der Waals surface area contributed by atoms with Crippen molar-refractivity contribution in [2.24, 2.45) is 0 Å². The first kappa shape index (κ1) is 20.5. The summed E-state index contributed by atoms with van der Waals surface area (Å²) in [5.74, 6) is 0.478. The first-order chi connectivity index (χ1) is 14.6. The van der Waals surface area contributed by atoms with Gasteiger partial charge in [0, 0.05) is 23.2 Å². The largest absolute Gasteiger partial charge is 0.337 e. The van der Waals surface area contributed by atoms with Gasteiger partial charge < -0.3 is 4.90 Å². The highest BCUT2D eigenvalue weighted by molar-refractivity contribution is 7.99. The Bertz CT molecular complexity index is 987. The Morgan fingerprint density at radius 3 is 2.07 bits per heavy atom. The molecule has 1 fully saturated rings. The zero-order valence-electron chi connectivity index (χ0n) is 17.4. The number of hydrogen-bond donors (Lipinski definition) is 0. The SMILES string of the molecule is C[C@H]1CCC[C@H](C)N1C(=O)CSc1nnc(-c2ccccc2)c(-c2ccccc2)n1. The van der Waals surface area contributed by atoms with Gasteiger partial charge >= 0.3 is 0 Å². The number of carbonyl (C=O) groups excluding carboxylic acids is 1. The van der Waals surface area contributed by atoms with E-state index in [1.54, 1.807) is 0 Å². The molecule has 0 saturated carbocycles. The second kappa shape index (κ2) is 9.39. The highest BCUT2D eigenvalue weighted by Crippen LogP contribution is 2.30. The fraction of sp³-hybridized carbons (Fsp3) is 0.333. The van der Waals surface area contributed by atoms with E-state index in [2.05, 4.69) is 24.0 Å². The van der Waals surface area contributed by atoms with E-state index in [1.165, 1.54) is 18.2 Å². The molecule has 0 N–H and O–H groups in total. The molecule has 1 amide bonds. The number of hydrogen-bond acceptors (Lipinski definition) is 5. The Balaban J connectivity index is 1.58. The van der Waals surface area contributed by atoms with Crippen molar-refractivity contribution in [1.29, 1.82) is 0 Å². The van der Waals surface area contributed by atoms with E-state index < -0.39 is 0 Å². The predicted molar refractivity (Wildman–Crippen MR) is 121 cm³/mol. The monoisotopic (exact) mass is 418 g/mol. The lowest BCUT2D eigenvalue weighted by Crippen LogP contribution is -2.48. The maximum absolute atomic E-state index is 12.9. The second-order valence-electron chi connectivity index (χ2n) is 7.74. The Hall–Kier alpha value is -2.73. The van der Waals surface area contributed by atoms with Crippen LogP contribution in [0.5, 0.6) is 0 Å². The molecular weight excluding hydrogens is 392 g/mol. The van der Waals surface area contributed by atoms with Crippen LogP contribution in [0.15, 0.2) is 65.8 Å². The summed E-state index contributed by atoms with van der Waals surface area (Å²) < 4.78 is 0. The van der Waals surface area contributed by atoms with E-state index >= 15 is 0 Å². The third-order valence-corrected chi connectivity index (χ3v) is 6.39. The first-order valence-electron chi connectivity index (χ1n) is 10.4. The van der Waals surface area contributed by atoms with E-state index in [0.717, 1.165) is 35.4 Å². The molecule has 0 spiro atoms. The number of rotatable bonds is 5. The smallest absolute Gasteiger partial charge is 0.233 e. The topological polar surface area (TPSA) is 59.0 Å². The highest BCUT2D eigenvalue weighted by Gasteiger charge is 2.29. The van der Waals surface area contributed by atoms with Gasteiger partial charge in [0.05, 0.1) is 5.75 Å². The minimum absolute atomic E-state index is 0.150. The summed E-state index contributed by atoms with van der Waals surface area (Å²) in [7, 11) is 0. The van der Waals surface area contributed by atoms with Crippen molar-refractivity contribution in [3.8, 4) is 22.5 Å². The number of nitrogens with zero attached hydrogens (tertiary/aromatic N) is 4. The number of piperidine rings is 1. The van der Waals surface area contributed by atoms with Crippen molar-refractivity contribution in [2.75, 3.05) is 5.75 Å². The molecular formula is C24H26N4OS. The highest BCUT2D eigenvalue weighted by atomic mass is 32.2. The number of thioether (sulfide) groups is 1. The molecule has 4 rings (SSSR count). The number of likely N-dealkylation sites (tertiary alicyclic amines) is 1. The molecule has 5 nitrogen and oxygen atoms in total. The maximum Gasteiger partial charge on any atom is 0.233 e. The van der Waals surface area contributed by atoms with Gasteiger partial charge in [0.25, 0.3) is 0 Å². The van der Waals surface area contributed by atoms with Crippen LogP contribution in [0.4, 0.5) is 0 Å². The summed E-state index contributed by atoms with van der Waals surface area (Å²) in [6.07, 6.45) is 3.33. The molecule has 2 aromatic carbocycles. The molecule has 1 saturated heterocycles. The molecule has 6 heteroatoms. The van der Waals surface area contributed by atoms with Crippen molar-refractivity contribution in [3.05, 3.63) is 60.7 Å². The molecule has 1 aliphatic heterocycles. The lowest BCUT2D eigenvalue weighted by atomic mass is 9.98. The van der Waals surface area contributed by atoms with E-state index in [9.17, 15) is 4.79 Å². The Morgan fingerprint density at radius 1 is 0.900 bits per heavy atom. The van der Waals surface area contributed by atoms with Crippen molar-refractivity contribution in [2.45, 2.75) is 50.4 Å². The second-order valence-corrected chi connectivity index (χ2v) is 8.68. The van der Waals surface area contributed by atoms with Crippen molar-refractivity contribution >= 4 is 17.7 Å². The summed E-state index contributed by atoms with van der Waals surface area (Å²) in [6.45, 7) is 4.27. The van der Waals surface area contributed by atoms with Gasteiger partial charge in [-0.05, 0) is 33.1 Å². The van der Waals surface area contributed by atoms with Crippen LogP contribution < -0.4 is 0 Å². The number of benzene rings is 2. The maximum atomic E-state index is 12.9. The van der Waals surface area contributed by atoms with Crippen molar-refractivity contribution < 1.29 is 4.79 Å². The van der Waals surface area contributed by atoms with Gasteiger partial charge in [0.15, 0.2) is 0 Å². The van der Waals surface area contributed by atoms with Crippen LogP contribution in [-0.2, 0) is 4.79 Å². The molecule has 1 aromatic heterocycles. The van der Waals surface area contributed by atoms with Gasteiger partial charge in [0.1, 0.15) is 11.4 Å². The number of amides is 1. The molecule has 0 aliphatic carbocycles. The van der Waals surface area contributed by atoms with E-state index in [-0.39, 0.29) is 5.91 Å². The summed E-state index contributed by atoms with van der Waals surface area (Å²) in [6, 6.07) is 20.5. The molecule has 30 heavy (non-hydrogen) atoms. The van der Waals surface area contributed by atoms with Crippen LogP contribution in [0.2, 0.25) is 0 Å². The minimum atomic E-state index is 0.150. The van der Waals surface area contributed by atoms with Crippen molar-refractivity contribution in [3.63, 3.8) is 0 Å². The fourth-order valence-electron chi connectivity index (χ4n) is 4.07. The molecule has 2 heterocycles. The molecule has 0 bridgehead atoms. The van der Waals surface area contributed by atoms with E-state index in [1.807, 2.05) is 65.6 Å². The average Bonchev–Trinajstić information content (AvgIpc) is 2.78. The minimum Gasteiger partial charge on any atom is -0.337 e. The van der Waals surface area contributed by atoms with Gasteiger partial charge in [-0.1, -0.05) is 72.4 Å². The third-order valence-electron chi connectivity index (χ3n) is 5.57. The Morgan fingerprint density at radius 2 is 1.47 bits per heavy atom. The van der Waals surface area contributed by atoms with Gasteiger partial charge in [-0.15, -0.1) is 10.2 Å². The molecule has 0 radical (unpaired) electrons. The van der Waals surface area contributed by atoms with Crippen LogP contribution in [0.25, 0.3) is 22.5 Å². The molecule has 154 valence electrons. The fourth-order valence-corrected chi connectivity index (χ4v) is 4.73. The van der Waals surface area contributed by atoms with Gasteiger partial charge in [-0.2, -0.15) is 0 Å². The van der Waals surface area contributed by atoms with Gasteiger partial charge in [-0.3, -0.25) is 4.79 Å². The molecule has 0 unspecified atom stereocenters. The van der Waals surface area contributed by atoms with Gasteiger partial charge in [0.2, 0.25) is 11.1 Å². The summed E-state index contributed by atoms with van der Waals surface area (Å²) >= 11 is 1.36. The standard InChI is InChI=1S/C24H26N4OS/c1-17-10-9-11-18(2)28(17)21(29)16-30-24-25-22(19-12-5-3-6-13-19)23(26-27-24)20-14-7-4-8-15-20/h3-8,12-15,17-18H,9-11,16H2,1-2H3/t17-,18-/m0/s1. The summed E-state index contributed by atoms with van der Waals surface area (Å²) in [4.78, 5) is 19.7. The van der Waals surface area contributed by atoms with Crippen LogP contribution in [0, 0.1) is 0 Å². The van der Waals surface area contributed by atoms with Crippen molar-refractivity contribution in [1.82, 2.24) is 20.1 Å².